The van der Waals surface area contributed by atoms with Gasteiger partial charge in [0.1, 0.15) is 5.75 Å². The van der Waals surface area contributed by atoms with Crippen molar-refractivity contribution in [3.8, 4) is 16.9 Å². The van der Waals surface area contributed by atoms with Crippen LogP contribution >= 0.6 is 11.3 Å². The van der Waals surface area contributed by atoms with Crippen molar-refractivity contribution in [2.45, 2.75) is 32.6 Å². The Morgan fingerprint density at radius 3 is 2.38 bits per heavy atom. The number of aromatic nitrogens is 1. The molecule has 4 aromatic rings. The summed E-state index contributed by atoms with van der Waals surface area (Å²) in [5.74, 6) is 1.40. The molecule has 0 aliphatic heterocycles. The summed E-state index contributed by atoms with van der Waals surface area (Å²) in [4.78, 5) is 17.3. The number of hydrogen-bond donors (Lipinski definition) is 1. The summed E-state index contributed by atoms with van der Waals surface area (Å²) < 4.78 is 6.68. The Morgan fingerprint density at radius 1 is 1.00 bits per heavy atom. The summed E-state index contributed by atoms with van der Waals surface area (Å²) in [6, 6.07) is 22.3. The Hall–Kier alpha value is -3.18. The van der Waals surface area contributed by atoms with Crippen molar-refractivity contribution in [1.29, 1.82) is 0 Å². The van der Waals surface area contributed by atoms with Gasteiger partial charge in [-0.3, -0.25) is 4.79 Å². The molecule has 1 aliphatic rings. The van der Waals surface area contributed by atoms with E-state index in [2.05, 4.69) is 34.6 Å². The van der Waals surface area contributed by atoms with Crippen molar-refractivity contribution in [3.63, 3.8) is 0 Å². The fourth-order valence-electron chi connectivity index (χ4n) is 4.33. The van der Waals surface area contributed by atoms with Gasteiger partial charge in [-0.25, -0.2) is 4.98 Å². The lowest BCUT2D eigenvalue weighted by atomic mass is 9.94. The van der Waals surface area contributed by atoms with Gasteiger partial charge in [0, 0.05) is 17.2 Å². The average molecular weight is 443 g/mol. The van der Waals surface area contributed by atoms with E-state index in [0.717, 1.165) is 56.3 Å². The Bertz CT molecular complexity index is 1220. The number of anilines is 2. The minimum absolute atomic E-state index is 0.222. The predicted octanol–water partition coefficient (Wildman–Crippen LogP) is 7.48. The Balaban J connectivity index is 1.28. The molecule has 1 heterocycles. The lowest BCUT2D eigenvalue weighted by Gasteiger charge is -2.09. The van der Waals surface area contributed by atoms with E-state index in [-0.39, 0.29) is 5.92 Å². The van der Waals surface area contributed by atoms with Crippen LogP contribution in [0.5, 0.6) is 5.75 Å². The van der Waals surface area contributed by atoms with Gasteiger partial charge in [-0.05, 0) is 61.2 Å². The van der Waals surface area contributed by atoms with Crippen LogP contribution in [0.25, 0.3) is 21.3 Å². The van der Waals surface area contributed by atoms with Crippen LogP contribution in [0.1, 0.15) is 43.0 Å². The maximum absolute atomic E-state index is 12.6. The van der Waals surface area contributed by atoms with Crippen LogP contribution in [0.3, 0.4) is 0 Å². The van der Waals surface area contributed by atoms with Crippen LogP contribution in [0.2, 0.25) is 0 Å². The highest BCUT2D eigenvalue weighted by Gasteiger charge is 2.23. The molecule has 1 saturated carbocycles. The lowest BCUT2D eigenvalue weighted by molar-refractivity contribution is 0.0923. The molecule has 1 fully saturated rings. The predicted molar refractivity (Wildman–Crippen MR) is 132 cm³/mol. The van der Waals surface area contributed by atoms with E-state index >= 15 is 0 Å². The third-order valence-corrected chi connectivity index (χ3v) is 6.97. The second-order valence-electron chi connectivity index (χ2n) is 8.21. The van der Waals surface area contributed by atoms with E-state index in [4.69, 9.17) is 4.74 Å². The highest BCUT2D eigenvalue weighted by molar-refractivity contribution is 7.22. The zero-order chi connectivity index (χ0) is 21.9. The van der Waals surface area contributed by atoms with Gasteiger partial charge in [-0.15, -0.1) is 0 Å². The third-order valence-electron chi connectivity index (χ3n) is 6.04. The number of fused-ring (bicyclic) bond motifs is 1. The van der Waals surface area contributed by atoms with Crippen LogP contribution < -0.4 is 10.1 Å². The van der Waals surface area contributed by atoms with Crippen LogP contribution in [0, 0.1) is 5.92 Å². The highest BCUT2D eigenvalue weighted by atomic mass is 32.1. The molecule has 32 heavy (non-hydrogen) atoms. The standard InChI is InChI=1S/C27H26N2O2S/c1-2-31-23-15-16-24-25(17-23)32-27(29-24)28-22-13-11-19(12-14-22)18-7-9-21(10-8-18)26(30)20-5-3-4-6-20/h7-17,20H,2-6H2,1H3,(H,28,29). The number of hydrogen-bond acceptors (Lipinski definition) is 5. The molecule has 5 heteroatoms. The zero-order valence-corrected chi connectivity index (χ0v) is 19.0. The van der Waals surface area contributed by atoms with Crippen molar-refractivity contribution in [1.82, 2.24) is 4.98 Å². The van der Waals surface area contributed by atoms with Gasteiger partial charge in [0.2, 0.25) is 0 Å². The van der Waals surface area contributed by atoms with E-state index < -0.39 is 0 Å². The number of rotatable bonds is 7. The van der Waals surface area contributed by atoms with Gasteiger partial charge in [0.25, 0.3) is 0 Å². The van der Waals surface area contributed by atoms with E-state index in [1.165, 1.54) is 12.8 Å². The first-order valence-electron chi connectivity index (χ1n) is 11.2. The molecule has 0 amide bonds. The van der Waals surface area contributed by atoms with Crippen LogP contribution in [0.15, 0.2) is 66.7 Å². The monoisotopic (exact) mass is 442 g/mol. The molecular weight excluding hydrogens is 416 g/mol. The van der Waals surface area contributed by atoms with E-state index in [9.17, 15) is 4.79 Å². The Morgan fingerprint density at radius 2 is 1.69 bits per heavy atom. The largest absolute Gasteiger partial charge is 0.494 e. The first kappa shape index (κ1) is 20.7. The van der Waals surface area contributed by atoms with Gasteiger partial charge in [0.05, 0.1) is 16.8 Å². The molecule has 0 atom stereocenters. The number of Topliss-reactive ketones (excluding diaryl/α,β-unsaturated/α-hetero) is 1. The Kier molecular flexibility index (Phi) is 5.91. The van der Waals surface area contributed by atoms with Crippen LogP contribution in [-0.4, -0.2) is 17.4 Å². The average Bonchev–Trinajstić information content (AvgIpc) is 3.49. The molecule has 0 radical (unpaired) electrons. The fraction of sp³-hybridized carbons (Fsp3) is 0.259. The minimum atomic E-state index is 0.222. The summed E-state index contributed by atoms with van der Waals surface area (Å²) in [5.41, 5.74) is 5.03. The Labute approximate surface area is 192 Å². The second-order valence-corrected chi connectivity index (χ2v) is 9.24. The SMILES string of the molecule is CCOc1ccc2nc(Nc3ccc(-c4ccc(C(=O)C5CCCC5)cc4)cc3)sc2c1. The number of ether oxygens (including phenoxy) is 1. The minimum Gasteiger partial charge on any atom is -0.494 e. The van der Waals surface area contributed by atoms with Gasteiger partial charge in [-0.2, -0.15) is 0 Å². The molecule has 5 rings (SSSR count). The molecule has 3 aromatic carbocycles. The molecule has 0 unspecified atom stereocenters. The van der Waals surface area contributed by atoms with E-state index in [0.29, 0.717) is 12.4 Å². The van der Waals surface area contributed by atoms with Crippen LogP contribution in [0.4, 0.5) is 10.8 Å². The molecule has 1 aliphatic carbocycles. The lowest BCUT2D eigenvalue weighted by Crippen LogP contribution is -2.10. The van der Waals surface area contributed by atoms with Gasteiger partial charge in [0.15, 0.2) is 10.9 Å². The van der Waals surface area contributed by atoms with Gasteiger partial charge >= 0.3 is 0 Å². The van der Waals surface area contributed by atoms with E-state index in [1.54, 1.807) is 11.3 Å². The normalized spacial score (nSPS) is 14.0. The fourth-order valence-corrected chi connectivity index (χ4v) is 5.25. The van der Waals surface area contributed by atoms with Crippen molar-refractivity contribution < 1.29 is 9.53 Å². The number of benzene rings is 3. The van der Waals surface area contributed by atoms with Crippen LogP contribution in [-0.2, 0) is 0 Å². The number of thiazole rings is 1. The highest BCUT2D eigenvalue weighted by Crippen LogP contribution is 2.32. The second kappa shape index (κ2) is 9.13. The van der Waals surface area contributed by atoms with Crippen molar-refractivity contribution in [2.24, 2.45) is 5.92 Å². The quantitative estimate of drug-likeness (QED) is 0.301. The maximum atomic E-state index is 12.6. The molecule has 1 aromatic heterocycles. The maximum Gasteiger partial charge on any atom is 0.188 e. The molecule has 0 bridgehead atoms. The number of carbonyl (C=O) groups excluding carboxylic acids is 1. The van der Waals surface area contributed by atoms with Crippen molar-refractivity contribution in [2.75, 3.05) is 11.9 Å². The van der Waals surface area contributed by atoms with Gasteiger partial charge in [-0.1, -0.05) is 60.6 Å². The molecule has 0 spiro atoms. The molecule has 4 nitrogen and oxygen atoms in total. The van der Waals surface area contributed by atoms with Crippen molar-refractivity contribution in [3.05, 3.63) is 72.3 Å². The van der Waals surface area contributed by atoms with Gasteiger partial charge < -0.3 is 10.1 Å². The number of nitrogens with one attached hydrogen (secondary N) is 1. The summed E-state index contributed by atoms with van der Waals surface area (Å²) in [7, 11) is 0. The molecule has 1 N–H and O–H groups in total. The summed E-state index contributed by atoms with van der Waals surface area (Å²) in [6.07, 6.45) is 4.44. The summed E-state index contributed by atoms with van der Waals surface area (Å²) in [6.45, 7) is 2.64. The van der Waals surface area contributed by atoms with Crippen molar-refractivity contribution >= 4 is 38.2 Å². The number of nitrogens with zero attached hydrogens (tertiary/aromatic N) is 1. The molecule has 162 valence electrons. The number of carbonyl (C=O) groups is 1. The third kappa shape index (κ3) is 4.39. The smallest absolute Gasteiger partial charge is 0.188 e. The topological polar surface area (TPSA) is 51.2 Å². The molecule has 0 saturated heterocycles. The summed E-state index contributed by atoms with van der Waals surface area (Å²) >= 11 is 1.61. The zero-order valence-electron chi connectivity index (χ0n) is 18.1. The summed E-state index contributed by atoms with van der Waals surface area (Å²) in [5, 5.41) is 4.26. The molecular formula is C27H26N2O2S. The first-order valence-corrected chi connectivity index (χ1v) is 12.1. The first-order chi connectivity index (χ1) is 15.7. The van der Waals surface area contributed by atoms with E-state index in [1.807, 2.05) is 49.4 Å². The number of ketones is 1.